The van der Waals surface area contributed by atoms with Gasteiger partial charge < -0.3 is 14.4 Å². The van der Waals surface area contributed by atoms with Crippen molar-refractivity contribution in [3.8, 4) is 11.4 Å². The largest absolute Gasteiger partial charge is 0.458 e. The van der Waals surface area contributed by atoms with E-state index >= 15 is 0 Å². The second-order valence-electron chi connectivity index (χ2n) is 6.88. The van der Waals surface area contributed by atoms with Crippen LogP contribution >= 0.6 is 0 Å². The maximum atomic E-state index is 13.0. The first-order valence-corrected chi connectivity index (χ1v) is 8.65. The van der Waals surface area contributed by atoms with Crippen molar-refractivity contribution < 1.29 is 19.0 Å². The zero-order valence-electron chi connectivity index (χ0n) is 14.2. The maximum absolute atomic E-state index is 13.0. The van der Waals surface area contributed by atoms with E-state index in [1.54, 1.807) is 10.6 Å². The zero-order chi connectivity index (χ0) is 18.8. The minimum atomic E-state index is -2.16. The molecule has 0 saturated heterocycles. The lowest BCUT2D eigenvalue weighted by Crippen LogP contribution is -2.45. The molecule has 1 aromatic carbocycles. The van der Waals surface area contributed by atoms with Gasteiger partial charge in [-0.1, -0.05) is 18.2 Å². The molecule has 0 saturated carbocycles. The van der Waals surface area contributed by atoms with E-state index < -0.39 is 24.7 Å². The predicted molar refractivity (Wildman–Crippen MR) is 94.8 cm³/mol. The van der Waals surface area contributed by atoms with Gasteiger partial charge in [0.15, 0.2) is 5.60 Å². The summed E-state index contributed by atoms with van der Waals surface area (Å²) in [7, 11) is 0. The molecular weight excluding hydrogens is 351 g/mol. The molecule has 2 aromatic heterocycles. The van der Waals surface area contributed by atoms with E-state index in [9.17, 15) is 19.1 Å². The molecular formula is C20H15FN2O4. The first-order chi connectivity index (χ1) is 13.0. The van der Waals surface area contributed by atoms with Crippen LogP contribution in [0.1, 0.15) is 23.1 Å². The fourth-order valence-corrected chi connectivity index (χ4v) is 3.96. The Hall–Kier alpha value is -3.06. The van der Waals surface area contributed by atoms with Crippen LogP contribution in [-0.2, 0) is 28.3 Å². The summed E-state index contributed by atoms with van der Waals surface area (Å²) in [6, 6.07) is 11.2. The molecule has 5 rings (SSSR count). The van der Waals surface area contributed by atoms with Crippen LogP contribution in [0.3, 0.4) is 0 Å². The number of aromatic nitrogens is 2. The number of benzene rings is 1. The Morgan fingerprint density at radius 2 is 2.07 bits per heavy atom. The Morgan fingerprint density at radius 1 is 1.26 bits per heavy atom. The second kappa shape index (κ2) is 5.47. The highest BCUT2D eigenvalue weighted by atomic mass is 19.1. The monoisotopic (exact) mass is 366 g/mol. The van der Waals surface area contributed by atoms with Crippen molar-refractivity contribution in [2.45, 2.75) is 25.2 Å². The molecule has 0 spiro atoms. The lowest BCUT2D eigenvalue weighted by atomic mass is 9.86. The van der Waals surface area contributed by atoms with E-state index in [4.69, 9.17) is 4.74 Å². The normalized spacial score (nSPS) is 20.1. The van der Waals surface area contributed by atoms with Crippen molar-refractivity contribution in [1.29, 1.82) is 0 Å². The van der Waals surface area contributed by atoms with E-state index in [1.807, 2.05) is 30.3 Å². The number of aliphatic hydroxyl groups is 1. The van der Waals surface area contributed by atoms with E-state index in [-0.39, 0.29) is 23.3 Å². The Kier molecular flexibility index (Phi) is 3.27. The number of hydrogen-bond donors (Lipinski definition) is 1. The molecule has 136 valence electrons. The quantitative estimate of drug-likeness (QED) is 0.549. The average Bonchev–Trinajstić information content (AvgIpc) is 3.02. The van der Waals surface area contributed by atoms with Crippen molar-refractivity contribution in [3.63, 3.8) is 0 Å². The summed E-state index contributed by atoms with van der Waals surface area (Å²) in [4.78, 5) is 29.8. The molecule has 0 aliphatic carbocycles. The maximum Gasteiger partial charge on any atom is 0.343 e. The molecule has 0 amide bonds. The summed E-state index contributed by atoms with van der Waals surface area (Å²) < 4.78 is 19.5. The van der Waals surface area contributed by atoms with Gasteiger partial charge in [-0.15, -0.1) is 0 Å². The van der Waals surface area contributed by atoms with Crippen LogP contribution in [0.4, 0.5) is 4.39 Å². The minimum Gasteiger partial charge on any atom is -0.458 e. The Balaban J connectivity index is 1.79. The number of carbonyl (C=O) groups is 1. The van der Waals surface area contributed by atoms with Gasteiger partial charge >= 0.3 is 5.97 Å². The van der Waals surface area contributed by atoms with Crippen molar-refractivity contribution in [1.82, 2.24) is 9.55 Å². The SMILES string of the molecule is O=C1OCc2c(cc3n(c2=O)Cc2cc4ccccc4nc2-3)C1(O)CCF. The molecule has 0 bridgehead atoms. The van der Waals surface area contributed by atoms with E-state index in [1.165, 1.54) is 0 Å². The highest BCUT2D eigenvalue weighted by Gasteiger charge is 2.46. The van der Waals surface area contributed by atoms with Gasteiger partial charge in [0.1, 0.15) is 6.61 Å². The number of rotatable bonds is 2. The van der Waals surface area contributed by atoms with Gasteiger partial charge in [0.25, 0.3) is 5.56 Å². The number of pyridine rings is 2. The van der Waals surface area contributed by atoms with Crippen molar-refractivity contribution >= 4 is 16.9 Å². The number of fused-ring (bicyclic) bond motifs is 5. The number of nitrogens with zero attached hydrogens (tertiary/aromatic N) is 2. The molecule has 7 heteroatoms. The summed E-state index contributed by atoms with van der Waals surface area (Å²) in [6.07, 6.45) is -0.459. The third kappa shape index (κ3) is 2.12. The van der Waals surface area contributed by atoms with Gasteiger partial charge in [0.05, 0.1) is 35.7 Å². The van der Waals surface area contributed by atoms with Crippen LogP contribution in [0.15, 0.2) is 41.2 Å². The van der Waals surface area contributed by atoms with Crippen LogP contribution in [0.25, 0.3) is 22.3 Å². The van der Waals surface area contributed by atoms with E-state index in [0.717, 1.165) is 16.5 Å². The highest BCUT2D eigenvalue weighted by Crippen LogP contribution is 2.38. The van der Waals surface area contributed by atoms with E-state index in [2.05, 4.69) is 4.98 Å². The number of para-hydroxylation sites is 1. The number of hydrogen-bond acceptors (Lipinski definition) is 5. The predicted octanol–water partition coefficient (Wildman–Crippen LogP) is 2.03. The molecule has 27 heavy (non-hydrogen) atoms. The minimum absolute atomic E-state index is 0.121. The molecule has 3 aromatic rings. The van der Waals surface area contributed by atoms with Gasteiger partial charge in [0, 0.05) is 22.9 Å². The summed E-state index contributed by atoms with van der Waals surface area (Å²) in [5.41, 5.74) is 0.622. The zero-order valence-corrected chi connectivity index (χ0v) is 14.2. The number of alkyl halides is 1. The molecule has 0 radical (unpaired) electrons. The highest BCUT2D eigenvalue weighted by molar-refractivity contribution is 5.86. The summed E-state index contributed by atoms with van der Waals surface area (Å²) in [5, 5.41) is 11.8. The number of halogens is 1. The fraction of sp³-hybridized carbons (Fsp3) is 0.250. The lowest BCUT2D eigenvalue weighted by Gasteiger charge is -2.31. The molecule has 6 nitrogen and oxygen atoms in total. The molecule has 2 aliphatic heterocycles. The Labute approximate surface area is 152 Å². The van der Waals surface area contributed by atoms with E-state index in [0.29, 0.717) is 17.9 Å². The van der Waals surface area contributed by atoms with Crippen LogP contribution in [0, 0.1) is 0 Å². The number of carbonyl (C=O) groups excluding carboxylic acids is 1. The fourth-order valence-electron chi connectivity index (χ4n) is 3.96. The lowest BCUT2D eigenvalue weighted by molar-refractivity contribution is -0.173. The third-order valence-electron chi connectivity index (χ3n) is 5.36. The van der Waals surface area contributed by atoms with Gasteiger partial charge in [-0.05, 0) is 18.2 Å². The van der Waals surface area contributed by atoms with Crippen molar-refractivity contribution in [2.24, 2.45) is 0 Å². The number of cyclic esters (lactones) is 1. The Morgan fingerprint density at radius 3 is 2.89 bits per heavy atom. The number of ether oxygens (including phenoxy) is 1. The standard InChI is InChI=1S/C20H15FN2O4/c21-6-5-20(26)14-8-16-17-12(7-11-3-1-2-4-15(11)22-17)9-23(16)18(24)13(14)10-27-19(20)25/h1-4,7-8,26H,5-6,9-10H2. The molecule has 1 atom stereocenters. The van der Waals surface area contributed by atoms with Crippen molar-refractivity contribution in [3.05, 3.63) is 63.4 Å². The summed E-state index contributed by atoms with van der Waals surface area (Å²) in [6.45, 7) is -0.791. The average molecular weight is 366 g/mol. The molecule has 0 fully saturated rings. The van der Waals surface area contributed by atoms with Crippen LogP contribution < -0.4 is 5.56 Å². The molecule has 2 aliphatic rings. The topological polar surface area (TPSA) is 81.4 Å². The smallest absolute Gasteiger partial charge is 0.343 e. The summed E-state index contributed by atoms with van der Waals surface area (Å²) in [5.74, 6) is -0.929. The van der Waals surface area contributed by atoms with Gasteiger partial charge in [-0.3, -0.25) is 9.18 Å². The Bertz CT molecular complexity index is 1190. The van der Waals surface area contributed by atoms with Crippen LogP contribution in [0.5, 0.6) is 0 Å². The molecule has 1 N–H and O–H groups in total. The number of esters is 1. The van der Waals surface area contributed by atoms with Crippen LogP contribution in [-0.4, -0.2) is 27.3 Å². The van der Waals surface area contributed by atoms with Crippen molar-refractivity contribution in [2.75, 3.05) is 6.67 Å². The molecule has 4 heterocycles. The third-order valence-corrected chi connectivity index (χ3v) is 5.36. The first-order valence-electron chi connectivity index (χ1n) is 8.65. The van der Waals surface area contributed by atoms with Gasteiger partial charge in [0.2, 0.25) is 0 Å². The first kappa shape index (κ1) is 16.1. The van der Waals surface area contributed by atoms with Gasteiger partial charge in [-0.2, -0.15) is 0 Å². The van der Waals surface area contributed by atoms with Crippen LogP contribution in [0.2, 0.25) is 0 Å². The molecule has 1 unspecified atom stereocenters. The van der Waals surface area contributed by atoms with Gasteiger partial charge in [-0.25, -0.2) is 9.78 Å². The summed E-state index contributed by atoms with van der Waals surface area (Å²) >= 11 is 0. The second-order valence-corrected chi connectivity index (χ2v) is 6.88.